The number of nitro benzene ring substituents is 2. The standard InChI is InChI=1S/C30H36F3N7O3Si.C19H21ClF2N4O3Si.C11H16FN3/c1-37-12-14-38(15-13-37)26-9-8-22(19-25(26)31)34-29-35-27(30(32,33)21-6-5-7-23(18-21)40(41)42)24-10-11-39(28(24)36-29)20-43-16-17-44(2,3)4;1-30(2,3)10-9-29-12-25-8-7-15-16(23-18(20)24-17(15)25)19(21,22)13-5-4-6-14(11-13)26(27)28;1-14-4-6-15(7-5-14)11-3-2-9(13)8-10(11)12/h5-11,18-19H,12-17,20H2,1-4H3,(H,34,35,36);4-8,11H,9-10,12H2,1-3H3;2-3,8H,4-7,13H2,1H3. The van der Waals surface area contributed by atoms with Crippen LogP contribution in [0, 0.1) is 31.9 Å². The molecule has 0 amide bonds. The zero-order valence-electron chi connectivity index (χ0n) is 50.8. The summed E-state index contributed by atoms with van der Waals surface area (Å²) in [5, 5.41) is 25.0. The summed E-state index contributed by atoms with van der Waals surface area (Å²) in [6.45, 7) is 21.4. The number of hydrogen-bond acceptors (Lipinski definition) is 16. The first-order valence-electron chi connectivity index (χ1n) is 28.8. The lowest BCUT2D eigenvalue weighted by molar-refractivity contribution is -0.385. The van der Waals surface area contributed by atoms with Crippen molar-refractivity contribution in [3.8, 4) is 0 Å². The van der Waals surface area contributed by atoms with E-state index in [1.807, 2.05) is 11.9 Å². The highest BCUT2D eigenvalue weighted by Gasteiger charge is 2.41. The minimum Gasteiger partial charge on any atom is -0.399 e. The van der Waals surface area contributed by atoms with E-state index in [1.54, 1.807) is 45.8 Å². The van der Waals surface area contributed by atoms with Gasteiger partial charge in [-0.25, -0.2) is 18.7 Å². The number of nitrogens with two attached hydrogens (primary N) is 1. The zero-order valence-corrected chi connectivity index (χ0v) is 53.6. The fourth-order valence-corrected chi connectivity index (χ4v) is 11.4. The number of nitrogen functional groups attached to an aromatic ring is 1. The summed E-state index contributed by atoms with van der Waals surface area (Å²) in [7, 11) is 1.50. The SMILES string of the molecule is CN1CCN(c2ccc(N)cc2F)CC1.CN1CCN(c2ccc(Nc3nc(C(F)(F)c4cccc([N+](=O)[O-])c4)c4ccn(COCC[Si](C)(C)C)c4n3)cc2F)CC1.C[Si](C)(C)CCOCn1ccc2c(C(F)(F)c3cccc([N+](=O)[O-])c3)nc(Cl)nc21. The molecule has 89 heavy (non-hydrogen) atoms. The number of aromatic nitrogens is 6. The van der Waals surface area contributed by atoms with Gasteiger partial charge < -0.3 is 49.3 Å². The lowest BCUT2D eigenvalue weighted by Crippen LogP contribution is -2.44. The topological polar surface area (TPSA) is 217 Å². The number of likely N-dealkylation sites (N-methyl/N-ethyl adjacent to an activating group) is 2. The minimum atomic E-state index is -3.72. The van der Waals surface area contributed by atoms with Gasteiger partial charge in [0.1, 0.15) is 47.8 Å². The van der Waals surface area contributed by atoms with Crippen LogP contribution in [-0.2, 0) is 34.8 Å². The number of nitrogens with one attached hydrogen (secondary N) is 1. The Morgan fingerprint density at radius 1 is 0.596 bits per heavy atom. The maximum absolute atomic E-state index is 16.1. The summed E-state index contributed by atoms with van der Waals surface area (Å²) >= 11 is 5.94. The quantitative estimate of drug-likeness (QED) is 0.0138. The van der Waals surface area contributed by atoms with Gasteiger partial charge in [0, 0.05) is 152 Å². The summed E-state index contributed by atoms with van der Waals surface area (Å²) in [6.07, 6.45) is 3.17. The number of piperazine rings is 2. The molecular formula is C60H73ClF6N14O6Si2. The predicted molar refractivity (Wildman–Crippen MR) is 340 cm³/mol. The second kappa shape index (κ2) is 28.4. The second-order valence-corrected chi connectivity index (χ2v) is 35.9. The molecule has 10 rings (SSSR count). The number of ether oxygens (including phenoxy) is 2. The molecule has 3 N–H and O–H groups in total. The van der Waals surface area contributed by atoms with Crippen LogP contribution in [0.3, 0.4) is 0 Å². The minimum absolute atomic E-state index is 0.0671. The number of nitrogens with zero attached hydrogens (tertiary/aromatic N) is 12. The fraction of sp³-hybridized carbons (Fsp3) is 0.400. The van der Waals surface area contributed by atoms with Crippen LogP contribution >= 0.6 is 11.6 Å². The third-order valence-electron chi connectivity index (χ3n) is 15.0. The Morgan fingerprint density at radius 3 is 1.47 bits per heavy atom. The van der Waals surface area contributed by atoms with Crippen molar-refractivity contribution in [2.75, 3.05) is 101 Å². The van der Waals surface area contributed by atoms with E-state index in [1.165, 1.54) is 36.4 Å². The van der Waals surface area contributed by atoms with Crippen LogP contribution in [0.25, 0.3) is 22.1 Å². The fourth-order valence-electron chi connectivity index (χ4n) is 9.68. The van der Waals surface area contributed by atoms with Crippen molar-refractivity contribution in [1.82, 2.24) is 38.9 Å². The van der Waals surface area contributed by atoms with Gasteiger partial charge >= 0.3 is 11.8 Å². The van der Waals surface area contributed by atoms with Crippen molar-refractivity contribution in [3.63, 3.8) is 0 Å². The molecule has 29 heteroatoms. The van der Waals surface area contributed by atoms with E-state index in [0.29, 0.717) is 43.4 Å². The third kappa shape index (κ3) is 17.4. The number of hydrogen-bond donors (Lipinski definition) is 2. The number of halogens is 7. The average Bonchev–Trinajstić information content (AvgIpc) is 2.00. The Labute approximate surface area is 518 Å². The third-order valence-corrected chi connectivity index (χ3v) is 18.5. The van der Waals surface area contributed by atoms with Gasteiger partial charge in [-0.1, -0.05) is 63.5 Å². The van der Waals surface area contributed by atoms with Crippen molar-refractivity contribution in [2.24, 2.45) is 0 Å². The van der Waals surface area contributed by atoms with Crippen LogP contribution in [0.5, 0.6) is 0 Å². The molecule has 0 aliphatic carbocycles. The molecule has 476 valence electrons. The van der Waals surface area contributed by atoms with Crippen LogP contribution in [0.2, 0.25) is 56.7 Å². The molecular weight excluding hydrogens is 1220 g/mol. The molecule has 4 aromatic carbocycles. The van der Waals surface area contributed by atoms with E-state index >= 15 is 22.0 Å². The van der Waals surface area contributed by atoms with Gasteiger partial charge in [0.05, 0.1) is 21.2 Å². The molecule has 2 fully saturated rings. The van der Waals surface area contributed by atoms with Gasteiger partial charge in [-0.05, 0) is 86.3 Å². The van der Waals surface area contributed by atoms with Crippen LogP contribution in [-0.4, -0.2) is 145 Å². The molecule has 4 aromatic heterocycles. The lowest BCUT2D eigenvalue weighted by Gasteiger charge is -2.34. The molecule has 0 saturated carbocycles. The Bertz CT molecular complexity index is 3780. The molecule has 0 spiro atoms. The van der Waals surface area contributed by atoms with E-state index < -0.39 is 77.5 Å². The van der Waals surface area contributed by atoms with Crippen LogP contribution in [0.15, 0.2) is 109 Å². The summed E-state index contributed by atoms with van der Waals surface area (Å²) in [4.78, 5) is 45.8. The maximum atomic E-state index is 16.1. The largest absolute Gasteiger partial charge is 0.399 e. The Kier molecular flexibility index (Phi) is 21.4. The first-order valence-corrected chi connectivity index (χ1v) is 36.6. The molecule has 8 aromatic rings. The lowest BCUT2D eigenvalue weighted by atomic mass is 10.0. The second-order valence-electron chi connectivity index (χ2n) is 24.3. The number of nitro groups is 2. The Hall–Kier alpha value is -7.74. The first-order chi connectivity index (χ1) is 42.0. The van der Waals surface area contributed by atoms with Gasteiger partial charge in [0.2, 0.25) is 11.2 Å². The number of benzene rings is 4. The molecule has 0 radical (unpaired) electrons. The van der Waals surface area contributed by atoms with E-state index in [4.69, 9.17) is 26.8 Å². The van der Waals surface area contributed by atoms with Crippen molar-refractivity contribution < 1.29 is 45.7 Å². The highest BCUT2D eigenvalue weighted by atomic mass is 35.5. The summed E-state index contributed by atoms with van der Waals surface area (Å²) in [5.41, 5.74) is 4.52. The van der Waals surface area contributed by atoms with E-state index in [9.17, 15) is 24.6 Å². The van der Waals surface area contributed by atoms with Crippen LogP contribution < -0.4 is 20.9 Å². The molecule has 6 heterocycles. The van der Waals surface area contributed by atoms with Gasteiger partial charge in [0.25, 0.3) is 11.4 Å². The molecule has 0 bridgehead atoms. The highest BCUT2D eigenvalue weighted by molar-refractivity contribution is 6.76. The van der Waals surface area contributed by atoms with Crippen molar-refractivity contribution >= 4 is 89.9 Å². The van der Waals surface area contributed by atoms with Crippen molar-refractivity contribution in [2.45, 2.75) is 76.7 Å². The van der Waals surface area contributed by atoms with Crippen molar-refractivity contribution in [1.29, 1.82) is 0 Å². The number of fused-ring (bicyclic) bond motifs is 2. The number of non-ortho nitro benzene ring substituents is 2. The van der Waals surface area contributed by atoms with Gasteiger partial charge in [-0.2, -0.15) is 27.5 Å². The molecule has 20 nitrogen and oxygen atoms in total. The van der Waals surface area contributed by atoms with E-state index in [-0.39, 0.29) is 58.3 Å². The average molecular weight is 1290 g/mol. The molecule has 2 saturated heterocycles. The van der Waals surface area contributed by atoms with Crippen molar-refractivity contribution in [3.05, 3.63) is 169 Å². The molecule has 2 aliphatic heterocycles. The normalized spacial score (nSPS) is 14.6. The number of anilines is 5. The Morgan fingerprint density at radius 2 is 1.03 bits per heavy atom. The van der Waals surface area contributed by atoms with E-state index in [2.05, 4.69) is 86.3 Å². The number of rotatable bonds is 20. The maximum Gasteiger partial charge on any atom is 0.316 e. The molecule has 2 aliphatic rings. The summed E-state index contributed by atoms with van der Waals surface area (Å²) in [5.74, 6) is -8.18. The summed E-state index contributed by atoms with van der Waals surface area (Å²) < 4.78 is 106. The molecule has 0 atom stereocenters. The first kappa shape index (κ1) is 67.2. The predicted octanol–water partition coefficient (Wildman–Crippen LogP) is 13.0. The van der Waals surface area contributed by atoms with E-state index in [0.717, 1.165) is 87.8 Å². The Balaban J connectivity index is 0.000000195. The summed E-state index contributed by atoms with van der Waals surface area (Å²) in [6, 6.07) is 22.9. The monoisotopic (exact) mass is 1290 g/mol. The van der Waals surface area contributed by atoms with Crippen LogP contribution in [0.1, 0.15) is 22.5 Å². The van der Waals surface area contributed by atoms with Crippen LogP contribution in [0.4, 0.5) is 66.4 Å². The highest BCUT2D eigenvalue weighted by Crippen LogP contribution is 2.42. The van der Waals surface area contributed by atoms with Gasteiger partial charge in [-0.3, -0.25) is 20.2 Å². The number of alkyl halides is 4. The zero-order chi connectivity index (χ0) is 64.6. The van der Waals surface area contributed by atoms with Gasteiger partial charge in [-0.15, -0.1) is 0 Å². The van der Waals surface area contributed by atoms with Gasteiger partial charge in [0.15, 0.2) is 0 Å². The molecule has 0 unspecified atom stereocenters. The smallest absolute Gasteiger partial charge is 0.316 e.